The Morgan fingerprint density at radius 1 is 1.00 bits per heavy atom. The zero-order valence-corrected chi connectivity index (χ0v) is 21.0. The Balaban J connectivity index is 0.000000516. The molecular formula is C20H39NO6Si2. The molecule has 1 saturated heterocycles. The van der Waals surface area contributed by atoms with Crippen molar-refractivity contribution in [1.29, 1.82) is 0 Å². The molecule has 2 unspecified atom stereocenters. The lowest BCUT2D eigenvalue weighted by molar-refractivity contribution is -0.0306. The molecule has 0 spiro atoms. The highest BCUT2D eigenvalue weighted by Crippen LogP contribution is 2.50. The van der Waals surface area contributed by atoms with Crippen LogP contribution in [-0.2, 0) is 26.9 Å². The zero-order chi connectivity index (χ0) is 21.8. The van der Waals surface area contributed by atoms with Gasteiger partial charge in [0.2, 0.25) is 0 Å². The van der Waals surface area contributed by atoms with Gasteiger partial charge in [-0.3, -0.25) is 0 Å². The molecule has 1 heterocycles. The highest BCUT2D eigenvalue weighted by molar-refractivity contribution is 6.71. The molecule has 0 radical (unpaired) electrons. The van der Waals surface area contributed by atoms with Crippen LogP contribution < -0.4 is 5.73 Å². The maximum absolute atomic E-state index is 6.20. The number of methoxy groups -OCH3 is 1. The van der Waals surface area contributed by atoms with Crippen molar-refractivity contribution in [3.05, 3.63) is 35.9 Å². The molecule has 1 aromatic rings. The van der Waals surface area contributed by atoms with Gasteiger partial charge < -0.3 is 32.6 Å². The van der Waals surface area contributed by atoms with E-state index in [9.17, 15) is 0 Å². The standard InChI is InChI=1S/C17H29NO3Si.C3H10O3Si/c1-19-17(12-8-13-18)16(15-9-5-4-6-10-15)11-7-14-22(17,20-2)21-3;1-4-7(5-2)6-3/h4-6,9-10,16H,7-8,11-14,18H2,1-3H3;7H,1-3H3. The summed E-state index contributed by atoms with van der Waals surface area (Å²) in [5.41, 5.74) is 7.11. The van der Waals surface area contributed by atoms with E-state index in [0.29, 0.717) is 12.5 Å². The maximum atomic E-state index is 6.20. The van der Waals surface area contributed by atoms with Crippen LogP contribution in [0.5, 0.6) is 0 Å². The second kappa shape index (κ2) is 13.6. The summed E-state index contributed by atoms with van der Waals surface area (Å²) in [6, 6.07) is 11.6. The second-order valence-electron chi connectivity index (χ2n) is 7.00. The molecule has 1 aromatic carbocycles. The third-order valence-electron chi connectivity index (χ3n) is 5.76. The maximum Gasteiger partial charge on any atom is 0.483 e. The van der Waals surface area contributed by atoms with Crippen molar-refractivity contribution in [3.8, 4) is 0 Å². The van der Waals surface area contributed by atoms with E-state index in [-0.39, 0.29) is 5.22 Å². The first kappa shape index (κ1) is 26.4. The number of benzene rings is 1. The average molecular weight is 446 g/mol. The molecule has 0 aromatic heterocycles. The van der Waals surface area contributed by atoms with Crippen molar-refractivity contribution in [3.63, 3.8) is 0 Å². The fourth-order valence-electron chi connectivity index (χ4n) is 4.42. The molecule has 9 heteroatoms. The largest absolute Gasteiger partial charge is 0.483 e. The van der Waals surface area contributed by atoms with E-state index in [0.717, 1.165) is 31.7 Å². The molecule has 2 atom stereocenters. The number of ether oxygens (including phenoxy) is 1. The van der Waals surface area contributed by atoms with Crippen LogP contribution in [0.25, 0.3) is 0 Å². The van der Waals surface area contributed by atoms with Gasteiger partial charge in [-0.05, 0) is 37.4 Å². The van der Waals surface area contributed by atoms with Crippen molar-refractivity contribution in [1.82, 2.24) is 0 Å². The topological polar surface area (TPSA) is 81.4 Å². The predicted molar refractivity (Wildman–Crippen MR) is 119 cm³/mol. The molecule has 7 nitrogen and oxygen atoms in total. The van der Waals surface area contributed by atoms with Crippen molar-refractivity contribution in [2.24, 2.45) is 5.73 Å². The predicted octanol–water partition coefficient (Wildman–Crippen LogP) is 2.61. The fraction of sp³-hybridized carbons (Fsp3) is 0.700. The lowest BCUT2D eigenvalue weighted by Gasteiger charge is -2.52. The van der Waals surface area contributed by atoms with Crippen LogP contribution in [0, 0.1) is 0 Å². The average Bonchev–Trinajstić information content (AvgIpc) is 2.79. The van der Waals surface area contributed by atoms with Crippen LogP contribution in [0.1, 0.15) is 37.2 Å². The molecule has 1 aliphatic rings. The van der Waals surface area contributed by atoms with Gasteiger partial charge in [0.1, 0.15) is 5.22 Å². The van der Waals surface area contributed by atoms with Crippen molar-refractivity contribution < 1.29 is 26.9 Å². The molecule has 2 N–H and O–H groups in total. The molecule has 0 saturated carbocycles. The molecule has 0 amide bonds. The minimum absolute atomic E-state index is 0.297. The molecule has 1 aliphatic heterocycles. The van der Waals surface area contributed by atoms with Gasteiger partial charge in [0.05, 0.1) is 0 Å². The number of hydrogen-bond donors (Lipinski definition) is 1. The minimum atomic E-state index is -2.47. The van der Waals surface area contributed by atoms with Crippen LogP contribution in [0.3, 0.4) is 0 Å². The zero-order valence-electron chi connectivity index (χ0n) is 18.8. The van der Waals surface area contributed by atoms with E-state index in [4.69, 9.17) is 32.6 Å². The van der Waals surface area contributed by atoms with Crippen molar-refractivity contribution in [2.75, 3.05) is 49.2 Å². The van der Waals surface area contributed by atoms with Crippen LogP contribution in [0.4, 0.5) is 0 Å². The van der Waals surface area contributed by atoms with Gasteiger partial charge in [0, 0.05) is 48.6 Å². The third kappa shape index (κ3) is 6.19. The lowest BCUT2D eigenvalue weighted by Crippen LogP contribution is -2.67. The molecular weight excluding hydrogens is 406 g/mol. The van der Waals surface area contributed by atoms with Crippen LogP contribution >= 0.6 is 0 Å². The Kier molecular flexibility index (Phi) is 12.4. The Morgan fingerprint density at radius 3 is 2.00 bits per heavy atom. The minimum Gasteiger partial charge on any atom is -0.396 e. The second-order valence-corrected chi connectivity index (χ2v) is 12.7. The summed E-state index contributed by atoms with van der Waals surface area (Å²) in [6.45, 7) is 0.657. The smallest absolute Gasteiger partial charge is 0.396 e. The Hall–Kier alpha value is -0.626. The number of rotatable bonds is 10. The van der Waals surface area contributed by atoms with Gasteiger partial charge in [-0.25, -0.2) is 0 Å². The normalized spacial score (nSPS) is 23.5. The summed E-state index contributed by atoms with van der Waals surface area (Å²) < 4.78 is 32.5. The summed E-state index contributed by atoms with van der Waals surface area (Å²) in [5, 5.41) is -0.379. The van der Waals surface area contributed by atoms with Crippen LogP contribution in [0.15, 0.2) is 30.3 Å². The Bertz CT molecular complexity index is 540. The highest BCUT2D eigenvalue weighted by atomic mass is 28.4. The first-order chi connectivity index (χ1) is 14.0. The van der Waals surface area contributed by atoms with Gasteiger partial charge in [-0.1, -0.05) is 36.8 Å². The highest BCUT2D eigenvalue weighted by Gasteiger charge is 2.63. The molecule has 29 heavy (non-hydrogen) atoms. The van der Waals surface area contributed by atoms with Gasteiger partial charge in [-0.2, -0.15) is 0 Å². The van der Waals surface area contributed by atoms with Gasteiger partial charge in [0.25, 0.3) is 0 Å². The fourth-order valence-corrected chi connectivity index (χ4v) is 9.07. The first-order valence-electron chi connectivity index (χ1n) is 10.0. The van der Waals surface area contributed by atoms with Gasteiger partial charge >= 0.3 is 18.1 Å². The van der Waals surface area contributed by atoms with E-state index < -0.39 is 18.1 Å². The quantitative estimate of drug-likeness (QED) is 0.554. The van der Waals surface area contributed by atoms with E-state index in [1.54, 1.807) is 42.7 Å². The third-order valence-corrected chi connectivity index (χ3v) is 11.3. The summed E-state index contributed by atoms with van der Waals surface area (Å²) in [7, 11) is 5.93. The van der Waals surface area contributed by atoms with Gasteiger partial charge in [0.15, 0.2) is 0 Å². The number of hydrogen-bond acceptors (Lipinski definition) is 7. The molecule has 2 rings (SSSR count). The van der Waals surface area contributed by atoms with Crippen LogP contribution in [-0.4, -0.2) is 72.5 Å². The Morgan fingerprint density at radius 2 is 1.59 bits per heavy atom. The molecule has 0 bridgehead atoms. The van der Waals surface area contributed by atoms with E-state index >= 15 is 0 Å². The SMILES string of the molecule is COC1(CCCN)C(c2ccccc2)CCC[Si]1(OC)OC.CO[SiH](OC)OC. The van der Waals surface area contributed by atoms with E-state index in [1.807, 2.05) is 0 Å². The molecule has 168 valence electrons. The van der Waals surface area contributed by atoms with Crippen molar-refractivity contribution in [2.45, 2.75) is 42.9 Å². The summed E-state index contributed by atoms with van der Waals surface area (Å²) in [6.07, 6.45) is 4.01. The summed E-state index contributed by atoms with van der Waals surface area (Å²) in [4.78, 5) is 0. The summed E-state index contributed by atoms with van der Waals surface area (Å²) in [5.74, 6) is 0.297. The molecule has 1 fully saturated rings. The monoisotopic (exact) mass is 445 g/mol. The van der Waals surface area contributed by atoms with E-state index in [2.05, 4.69) is 30.3 Å². The summed E-state index contributed by atoms with van der Waals surface area (Å²) >= 11 is 0. The Labute approximate surface area is 179 Å². The lowest BCUT2D eigenvalue weighted by atomic mass is 9.85. The first-order valence-corrected chi connectivity index (χ1v) is 13.5. The van der Waals surface area contributed by atoms with E-state index in [1.165, 1.54) is 5.56 Å². The van der Waals surface area contributed by atoms with Crippen LogP contribution in [0.2, 0.25) is 6.04 Å². The van der Waals surface area contributed by atoms with Crippen molar-refractivity contribution >= 4 is 18.1 Å². The molecule has 0 aliphatic carbocycles. The number of nitrogens with two attached hydrogens (primary N) is 1. The van der Waals surface area contributed by atoms with Gasteiger partial charge in [-0.15, -0.1) is 0 Å².